The topological polar surface area (TPSA) is 0 Å². The lowest BCUT2D eigenvalue weighted by Gasteiger charge is -2.28. The molecule has 0 aliphatic rings. The predicted molar refractivity (Wildman–Crippen MR) is 139 cm³/mol. The zero-order valence-electron chi connectivity index (χ0n) is 22.3. The Balaban J connectivity index is -0.000000350. The van der Waals surface area contributed by atoms with Crippen molar-refractivity contribution in [2.24, 2.45) is 5.41 Å². The van der Waals surface area contributed by atoms with E-state index in [1.807, 2.05) is 0 Å². The minimum absolute atomic E-state index is 0.667. The maximum absolute atomic E-state index is 2.30. The van der Waals surface area contributed by atoms with E-state index in [9.17, 15) is 0 Å². The normalized spacial score (nSPS) is 10.0. The van der Waals surface area contributed by atoms with Crippen LogP contribution in [0.3, 0.4) is 0 Å². The van der Waals surface area contributed by atoms with Crippen LogP contribution in [0.2, 0.25) is 0 Å². The van der Waals surface area contributed by atoms with Gasteiger partial charge in [-0.3, -0.25) is 0 Å². The van der Waals surface area contributed by atoms with Gasteiger partial charge in [0.1, 0.15) is 0 Å². The van der Waals surface area contributed by atoms with Gasteiger partial charge in [-0.05, 0) is 29.4 Å². The van der Waals surface area contributed by atoms with E-state index in [-0.39, 0.29) is 0 Å². The van der Waals surface area contributed by atoms with Gasteiger partial charge in [-0.2, -0.15) is 0 Å². The van der Waals surface area contributed by atoms with Gasteiger partial charge in [-0.1, -0.05) is 158 Å². The number of aryl methyl sites for hydroxylation is 2. The van der Waals surface area contributed by atoms with Crippen LogP contribution in [-0.2, 0) is 12.8 Å². The standard InChI is InChI=1S/C12H18.C9H20.2C4H10/c1-3-5-11-7-9-12(6-4-2)10-8-11;1-5-9(6-2,7-3)8-4;2*1-3-4-2/h7-10H,3-6H2,1-2H3;5-8H2,1-4H3;2*3-4H2,1-2H3. The second kappa shape index (κ2) is 25.3. The summed E-state index contributed by atoms with van der Waals surface area (Å²) in [6.07, 6.45) is 15.6. The maximum Gasteiger partial charge on any atom is -0.0281 e. The van der Waals surface area contributed by atoms with Crippen LogP contribution < -0.4 is 0 Å². The third kappa shape index (κ3) is 20.3. The third-order valence-electron chi connectivity index (χ3n) is 6.10. The van der Waals surface area contributed by atoms with Gasteiger partial charge < -0.3 is 0 Å². The molecule has 0 atom stereocenters. The molecule has 0 bridgehead atoms. The summed E-state index contributed by atoms with van der Waals surface area (Å²) >= 11 is 0. The van der Waals surface area contributed by atoms with E-state index < -0.39 is 0 Å². The molecule has 0 nitrogen and oxygen atoms in total. The first kappa shape index (κ1) is 32.9. The second-order valence-electron chi connectivity index (χ2n) is 8.23. The zero-order valence-corrected chi connectivity index (χ0v) is 22.3. The molecule has 0 spiro atoms. The molecule has 0 aliphatic carbocycles. The maximum atomic E-state index is 2.30. The molecular weight excluding hydrogens is 348 g/mol. The first-order valence-electron chi connectivity index (χ1n) is 13.0. The Bertz CT molecular complexity index is 332. The average Bonchev–Trinajstić information content (AvgIpc) is 2.78. The fourth-order valence-electron chi connectivity index (χ4n) is 2.95. The highest BCUT2D eigenvalue weighted by atomic mass is 14.3. The Hall–Kier alpha value is -0.780. The van der Waals surface area contributed by atoms with Crippen molar-refractivity contribution in [2.75, 3.05) is 0 Å². The number of hydrogen-bond donors (Lipinski definition) is 0. The SMILES string of the molecule is CCC(CC)(CC)CC.CCCC.CCCC.CCCc1ccc(CCC)cc1. The van der Waals surface area contributed by atoms with Crippen LogP contribution in [0.4, 0.5) is 0 Å². The summed E-state index contributed by atoms with van der Waals surface area (Å²) in [5.74, 6) is 0. The van der Waals surface area contributed by atoms with Crippen LogP contribution >= 0.6 is 0 Å². The van der Waals surface area contributed by atoms with Gasteiger partial charge in [0, 0.05) is 0 Å². The molecule has 0 fully saturated rings. The highest BCUT2D eigenvalue weighted by Gasteiger charge is 2.20. The van der Waals surface area contributed by atoms with Crippen molar-refractivity contribution in [1.82, 2.24) is 0 Å². The summed E-state index contributed by atoms with van der Waals surface area (Å²) in [5.41, 5.74) is 3.61. The summed E-state index contributed by atoms with van der Waals surface area (Å²) in [6, 6.07) is 9.03. The largest absolute Gasteiger partial charge is 0.0654 e. The van der Waals surface area contributed by atoms with Crippen molar-refractivity contribution in [3.63, 3.8) is 0 Å². The Kier molecular flexibility index (Phi) is 28.6. The van der Waals surface area contributed by atoms with Gasteiger partial charge in [0.05, 0.1) is 0 Å². The lowest BCUT2D eigenvalue weighted by Crippen LogP contribution is -2.15. The molecule has 0 unspecified atom stereocenters. The Morgan fingerprint density at radius 1 is 0.414 bits per heavy atom. The quantitative estimate of drug-likeness (QED) is 0.362. The molecule has 29 heavy (non-hydrogen) atoms. The number of unbranched alkanes of at least 4 members (excludes halogenated alkanes) is 2. The molecule has 0 aliphatic heterocycles. The van der Waals surface area contributed by atoms with Crippen LogP contribution in [0.5, 0.6) is 0 Å². The van der Waals surface area contributed by atoms with E-state index in [1.165, 1.54) is 88.2 Å². The monoisotopic (exact) mass is 406 g/mol. The molecule has 0 heterocycles. The molecule has 0 amide bonds. The predicted octanol–water partition coefficient (Wildman–Crippen LogP) is 10.8. The summed E-state index contributed by atoms with van der Waals surface area (Å²) in [5, 5.41) is 0. The van der Waals surface area contributed by atoms with Gasteiger partial charge in [0.2, 0.25) is 0 Å². The number of rotatable bonds is 10. The van der Waals surface area contributed by atoms with Crippen LogP contribution in [-0.4, -0.2) is 0 Å². The number of hydrogen-bond acceptors (Lipinski definition) is 0. The van der Waals surface area contributed by atoms with Gasteiger partial charge in [0.25, 0.3) is 0 Å². The van der Waals surface area contributed by atoms with Crippen molar-refractivity contribution in [3.05, 3.63) is 35.4 Å². The summed E-state index contributed by atoms with van der Waals surface area (Å²) in [7, 11) is 0. The van der Waals surface area contributed by atoms with Gasteiger partial charge >= 0.3 is 0 Å². The lowest BCUT2D eigenvalue weighted by atomic mass is 9.78. The third-order valence-corrected chi connectivity index (χ3v) is 6.10. The number of benzene rings is 1. The Morgan fingerprint density at radius 3 is 0.759 bits per heavy atom. The Morgan fingerprint density at radius 2 is 0.655 bits per heavy atom. The molecule has 0 saturated heterocycles. The summed E-state index contributed by atoms with van der Waals surface area (Å²) in [6.45, 7) is 22.4. The molecule has 1 rings (SSSR count). The van der Waals surface area contributed by atoms with Gasteiger partial charge in [-0.25, -0.2) is 0 Å². The van der Waals surface area contributed by atoms with Crippen molar-refractivity contribution in [1.29, 1.82) is 0 Å². The molecule has 174 valence electrons. The van der Waals surface area contributed by atoms with E-state index in [0.717, 1.165) is 0 Å². The molecular formula is C29H58. The molecule has 0 heteroatoms. The fraction of sp³-hybridized carbons (Fsp3) is 0.793. The fourth-order valence-corrected chi connectivity index (χ4v) is 2.95. The van der Waals surface area contributed by atoms with Gasteiger partial charge in [-0.15, -0.1) is 0 Å². The molecule has 0 aromatic heterocycles. The minimum Gasteiger partial charge on any atom is -0.0654 e. The highest BCUT2D eigenvalue weighted by molar-refractivity contribution is 5.22. The van der Waals surface area contributed by atoms with Crippen molar-refractivity contribution >= 4 is 0 Å². The van der Waals surface area contributed by atoms with Gasteiger partial charge in [0.15, 0.2) is 0 Å². The van der Waals surface area contributed by atoms with E-state index in [1.54, 1.807) is 0 Å². The zero-order chi connectivity index (χ0) is 23.0. The molecule has 1 aromatic rings. The molecule has 0 saturated carbocycles. The van der Waals surface area contributed by atoms with E-state index in [4.69, 9.17) is 0 Å². The Labute approximate surface area is 187 Å². The first-order valence-corrected chi connectivity index (χ1v) is 13.0. The van der Waals surface area contributed by atoms with Crippen LogP contribution in [0.15, 0.2) is 24.3 Å². The minimum atomic E-state index is 0.667. The van der Waals surface area contributed by atoms with E-state index in [0.29, 0.717) is 5.41 Å². The van der Waals surface area contributed by atoms with Crippen molar-refractivity contribution < 1.29 is 0 Å². The highest BCUT2D eigenvalue weighted by Crippen LogP contribution is 2.33. The lowest BCUT2D eigenvalue weighted by molar-refractivity contribution is 0.240. The summed E-state index contributed by atoms with van der Waals surface area (Å²) < 4.78 is 0. The smallest absolute Gasteiger partial charge is 0.0281 e. The molecule has 0 N–H and O–H groups in total. The van der Waals surface area contributed by atoms with Crippen molar-refractivity contribution in [3.8, 4) is 0 Å². The molecule has 0 radical (unpaired) electrons. The van der Waals surface area contributed by atoms with Crippen molar-refractivity contribution in [2.45, 2.75) is 146 Å². The van der Waals surface area contributed by atoms with E-state index in [2.05, 4.69) is 93.5 Å². The molecule has 1 aromatic carbocycles. The first-order chi connectivity index (χ1) is 13.9. The van der Waals surface area contributed by atoms with Crippen LogP contribution in [0.1, 0.15) is 145 Å². The second-order valence-corrected chi connectivity index (χ2v) is 8.23. The van der Waals surface area contributed by atoms with Crippen LogP contribution in [0, 0.1) is 5.41 Å². The summed E-state index contributed by atoms with van der Waals surface area (Å²) in [4.78, 5) is 0. The van der Waals surface area contributed by atoms with E-state index >= 15 is 0 Å². The van der Waals surface area contributed by atoms with Crippen LogP contribution in [0.25, 0.3) is 0 Å². The average molecular weight is 407 g/mol.